The van der Waals surface area contributed by atoms with Crippen molar-refractivity contribution < 1.29 is 5.11 Å². The molecule has 1 fully saturated rings. The summed E-state index contributed by atoms with van der Waals surface area (Å²) in [6, 6.07) is 3.41. The fourth-order valence-electron chi connectivity index (χ4n) is 3.35. The predicted molar refractivity (Wildman–Crippen MR) is 108 cm³/mol. The first kappa shape index (κ1) is 19.8. The highest BCUT2D eigenvalue weighted by atomic mass is 79.9. The van der Waals surface area contributed by atoms with E-state index in [9.17, 15) is 9.90 Å². The van der Waals surface area contributed by atoms with Gasteiger partial charge in [-0.25, -0.2) is 4.98 Å². The van der Waals surface area contributed by atoms with Crippen LogP contribution in [0.1, 0.15) is 26.7 Å². The number of nitrogens with one attached hydrogen (secondary N) is 2. The van der Waals surface area contributed by atoms with E-state index in [1.54, 1.807) is 23.0 Å². The van der Waals surface area contributed by atoms with Crippen molar-refractivity contribution in [2.45, 2.75) is 50.9 Å². The number of hydrogen-bond donors (Lipinski definition) is 3. The monoisotopic (exact) mass is 442 g/mol. The molecule has 142 valence electrons. The van der Waals surface area contributed by atoms with Gasteiger partial charge in [-0.2, -0.15) is 0 Å². The number of nitrogens with zero attached hydrogens (tertiary/aromatic N) is 2. The molecule has 2 aromatic rings. The number of aliphatic hydroxyl groups is 1. The fraction of sp³-hybridized carbons (Fsp3) is 0.556. The van der Waals surface area contributed by atoms with Crippen LogP contribution in [0.3, 0.4) is 0 Å². The number of rotatable bonds is 8. The van der Waals surface area contributed by atoms with E-state index in [2.05, 4.69) is 31.5 Å². The lowest BCUT2D eigenvalue weighted by atomic mass is 9.94. The number of likely N-dealkylation sites (N-methyl/N-ethyl adjacent to an activating group) is 1. The Labute approximate surface area is 166 Å². The Bertz CT molecular complexity index is 853. The van der Waals surface area contributed by atoms with Crippen LogP contribution in [0.4, 0.5) is 0 Å². The number of aromatic nitrogens is 2. The Morgan fingerprint density at radius 1 is 1.50 bits per heavy atom. The number of aliphatic hydroxyl groups excluding tert-OH is 1. The summed E-state index contributed by atoms with van der Waals surface area (Å²) in [5.41, 5.74) is 0.321. The Morgan fingerprint density at radius 2 is 2.23 bits per heavy atom. The maximum Gasteiger partial charge on any atom is 0.261 e. The van der Waals surface area contributed by atoms with Gasteiger partial charge in [-0.15, -0.1) is 0 Å². The van der Waals surface area contributed by atoms with Crippen molar-refractivity contribution in [2.75, 3.05) is 13.1 Å². The molecule has 2 unspecified atom stereocenters. The normalized spacial score (nSPS) is 21.7. The van der Waals surface area contributed by atoms with Gasteiger partial charge in [0, 0.05) is 23.6 Å². The molecule has 3 atom stereocenters. The van der Waals surface area contributed by atoms with Gasteiger partial charge in [-0.1, -0.05) is 25.4 Å². The average molecular weight is 444 g/mol. The summed E-state index contributed by atoms with van der Waals surface area (Å²) in [4.78, 5) is 17.3. The summed E-state index contributed by atoms with van der Waals surface area (Å²) in [5.74, 6) is 0. The lowest BCUT2D eigenvalue weighted by Gasteiger charge is -2.27. The van der Waals surface area contributed by atoms with E-state index in [4.69, 9.17) is 11.6 Å². The first-order valence-electron chi connectivity index (χ1n) is 8.90. The molecule has 3 rings (SSSR count). The number of benzene rings is 1. The van der Waals surface area contributed by atoms with Gasteiger partial charge in [-0.3, -0.25) is 9.36 Å². The molecule has 1 aliphatic rings. The highest BCUT2D eigenvalue weighted by Crippen LogP contribution is 2.28. The third-order valence-corrected chi connectivity index (χ3v) is 6.17. The Kier molecular flexibility index (Phi) is 6.04. The van der Waals surface area contributed by atoms with Gasteiger partial charge in [0.1, 0.15) is 0 Å². The topological polar surface area (TPSA) is 89.1 Å². The van der Waals surface area contributed by atoms with Crippen LogP contribution in [0.15, 0.2) is 27.7 Å². The summed E-state index contributed by atoms with van der Waals surface area (Å²) in [6.45, 7) is 6.13. The molecule has 1 aromatic carbocycles. The summed E-state index contributed by atoms with van der Waals surface area (Å²) in [5, 5.41) is 18.0. The van der Waals surface area contributed by atoms with Gasteiger partial charge < -0.3 is 15.7 Å². The molecule has 8 heteroatoms. The molecule has 6 nitrogen and oxygen atoms in total. The lowest BCUT2D eigenvalue weighted by molar-refractivity contribution is 0.112. The number of hydrogen-bond acceptors (Lipinski definition) is 5. The second-order valence-electron chi connectivity index (χ2n) is 6.94. The minimum Gasteiger partial charge on any atom is -0.392 e. The minimum atomic E-state index is -0.406. The van der Waals surface area contributed by atoms with E-state index in [1.165, 1.54) is 0 Å². The largest absolute Gasteiger partial charge is 0.392 e. The molecule has 0 radical (unpaired) electrons. The van der Waals surface area contributed by atoms with Crippen molar-refractivity contribution in [1.29, 1.82) is 0 Å². The Morgan fingerprint density at radius 3 is 2.85 bits per heavy atom. The molecule has 26 heavy (non-hydrogen) atoms. The van der Waals surface area contributed by atoms with E-state index >= 15 is 0 Å². The van der Waals surface area contributed by atoms with Crippen LogP contribution < -0.4 is 16.2 Å². The molecule has 0 bridgehead atoms. The third kappa shape index (κ3) is 4.12. The molecule has 1 aromatic heterocycles. The number of fused-ring (bicyclic) bond motifs is 1. The standard InChI is InChI=1S/C18H24BrClN4O2/c1-3-16(25)15(21-4-2)7-18(8-23-18)9-24-10-22-14-6-12(19)13(20)5-11(14)17(24)26/h5-6,10,15-16,21,23,25H,3-4,7-9H2,1-2H3/t15?,16-,18?/m1/s1. The highest BCUT2D eigenvalue weighted by molar-refractivity contribution is 9.10. The molecule has 0 spiro atoms. The van der Waals surface area contributed by atoms with Crippen LogP contribution in [0.2, 0.25) is 5.02 Å². The van der Waals surface area contributed by atoms with Gasteiger partial charge in [0.25, 0.3) is 5.56 Å². The van der Waals surface area contributed by atoms with Crippen LogP contribution in [0, 0.1) is 0 Å². The summed E-state index contributed by atoms with van der Waals surface area (Å²) >= 11 is 9.50. The van der Waals surface area contributed by atoms with Gasteiger partial charge in [-0.05, 0) is 47.4 Å². The van der Waals surface area contributed by atoms with Crippen molar-refractivity contribution in [3.63, 3.8) is 0 Å². The molecule has 0 saturated carbocycles. The molecular formula is C18H24BrClN4O2. The maximum atomic E-state index is 12.9. The first-order valence-corrected chi connectivity index (χ1v) is 10.1. The second kappa shape index (κ2) is 7.94. The molecular weight excluding hydrogens is 420 g/mol. The highest BCUT2D eigenvalue weighted by Gasteiger charge is 2.45. The Hall–Kier alpha value is -0.990. The maximum absolute atomic E-state index is 12.9. The molecule has 2 heterocycles. The van der Waals surface area contributed by atoms with E-state index in [-0.39, 0.29) is 17.1 Å². The van der Waals surface area contributed by atoms with Crippen molar-refractivity contribution in [1.82, 2.24) is 20.2 Å². The van der Waals surface area contributed by atoms with Crippen molar-refractivity contribution in [2.24, 2.45) is 0 Å². The van der Waals surface area contributed by atoms with E-state index < -0.39 is 6.10 Å². The van der Waals surface area contributed by atoms with Gasteiger partial charge in [0.15, 0.2) is 0 Å². The molecule has 3 N–H and O–H groups in total. The Balaban J connectivity index is 1.85. The first-order chi connectivity index (χ1) is 12.4. The van der Waals surface area contributed by atoms with Crippen LogP contribution in [0.5, 0.6) is 0 Å². The SMILES string of the molecule is CCNC(CC1(Cn2cnc3cc(Br)c(Cl)cc3c2=O)CN1)[C@H](O)CC. The molecule has 0 aliphatic carbocycles. The van der Waals surface area contributed by atoms with Crippen molar-refractivity contribution >= 4 is 38.4 Å². The molecule has 1 saturated heterocycles. The van der Waals surface area contributed by atoms with E-state index in [0.717, 1.165) is 24.0 Å². The third-order valence-electron chi connectivity index (χ3n) is 4.98. The second-order valence-corrected chi connectivity index (χ2v) is 8.20. The smallest absolute Gasteiger partial charge is 0.261 e. The van der Waals surface area contributed by atoms with Gasteiger partial charge in [0.05, 0.1) is 33.9 Å². The average Bonchev–Trinajstić information content (AvgIpc) is 3.38. The van der Waals surface area contributed by atoms with Crippen molar-refractivity contribution in [3.8, 4) is 0 Å². The summed E-state index contributed by atoms with van der Waals surface area (Å²) in [6.07, 6.45) is 2.63. The van der Waals surface area contributed by atoms with Crippen LogP contribution in [-0.4, -0.2) is 45.4 Å². The zero-order valence-corrected chi connectivity index (χ0v) is 17.3. The molecule has 0 amide bonds. The predicted octanol–water partition coefficient (Wildman–Crippen LogP) is 2.29. The van der Waals surface area contributed by atoms with E-state index in [0.29, 0.717) is 28.9 Å². The van der Waals surface area contributed by atoms with Crippen LogP contribution >= 0.6 is 27.5 Å². The summed E-state index contributed by atoms with van der Waals surface area (Å²) in [7, 11) is 0. The van der Waals surface area contributed by atoms with Crippen LogP contribution in [0.25, 0.3) is 10.9 Å². The van der Waals surface area contributed by atoms with E-state index in [1.807, 2.05) is 13.8 Å². The molecule has 1 aliphatic heterocycles. The lowest BCUT2D eigenvalue weighted by Crippen LogP contribution is -2.45. The quantitative estimate of drug-likeness (QED) is 0.545. The zero-order valence-electron chi connectivity index (χ0n) is 14.9. The van der Waals surface area contributed by atoms with Gasteiger partial charge >= 0.3 is 0 Å². The fourth-order valence-corrected chi connectivity index (χ4v) is 3.84. The van der Waals surface area contributed by atoms with Crippen molar-refractivity contribution in [3.05, 3.63) is 38.3 Å². The minimum absolute atomic E-state index is 0.00508. The summed E-state index contributed by atoms with van der Waals surface area (Å²) < 4.78 is 2.35. The number of halogens is 2. The zero-order chi connectivity index (χ0) is 18.9. The van der Waals surface area contributed by atoms with Crippen LogP contribution in [-0.2, 0) is 6.54 Å². The van der Waals surface area contributed by atoms with Gasteiger partial charge in [0.2, 0.25) is 0 Å².